The van der Waals surface area contributed by atoms with Gasteiger partial charge in [0, 0.05) is 12.1 Å². The second kappa shape index (κ2) is 7.41. The lowest BCUT2D eigenvalue weighted by molar-refractivity contribution is -0.129. The normalized spacial score (nSPS) is 30.2. The molecule has 4 nitrogen and oxygen atoms in total. The minimum Gasteiger partial charge on any atom is -0.352 e. The standard InChI is InChI=1S/C16H31N3O/c1-12(2)15(19-10-4-3-5-11-19)16(20)18-14-8-6-13(17)7-9-14/h12-15H,3-11,17H2,1-2H3,(H,18,20). The van der Waals surface area contributed by atoms with Crippen LogP contribution < -0.4 is 11.1 Å². The first-order valence-corrected chi connectivity index (χ1v) is 8.38. The van der Waals surface area contributed by atoms with Gasteiger partial charge in [-0.05, 0) is 57.5 Å². The Kier molecular flexibility index (Phi) is 5.85. The van der Waals surface area contributed by atoms with Crippen molar-refractivity contribution >= 4 is 5.91 Å². The fourth-order valence-electron chi connectivity index (χ4n) is 3.64. The number of carbonyl (C=O) groups is 1. The number of hydrogen-bond donors (Lipinski definition) is 2. The maximum Gasteiger partial charge on any atom is 0.237 e. The van der Waals surface area contributed by atoms with Crippen molar-refractivity contribution in [3.63, 3.8) is 0 Å². The second-order valence-corrected chi connectivity index (χ2v) is 6.91. The van der Waals surface area contributed by atoms with Gasteiger partial charge < -0.3 is 11.1 Å². The first kappa shape index (κ1) is 15.8. The van der Waals surface area contributed by atoms with Crippen molar-refractivity contribution in [2.45, 2.75) is 76.9 Å². The van der Waals surface area contributed by atoms with Crippen molar-refractivity contribution in [3.8, 4) is 0 Å². The van der Waals surface area contributed by atoms with E-state index in [-0.39, 0.29) is 11.9 Å². The molecule has 2 fully saturated rings. The smallest absolute Gasteiger partial charge is 0.237 e. The van der Waals surface area contributed by atoms with Crippen LogP contribution in [-0.4, -0.2) is 42.0 Å². The predicted octanol–water partition coefficient (Wildman–Crippen LogP) is 1.88. The number of nitrogens with two attached hydrogens (primary N) is 1. The number of likely N-dealkylation sites (tertiary alicyclic amines) is 1. The van der Waals surface area contributed by atoms with Gasteiger partial charge in [-0.25, -0.2) is 0 Å². The first-order chi connectivity index (χ1) is 9.58. The molecule has 116 valence electrons. The third-order valence-electron chi connectivity index (χ3n) is 4.80. The highest BCUT2D eigenvalue weighted by Crippen LogP contribution is 2.20. The molecule has 1 unspecified atom stereocenters. The summed E-state index contributed by atoms with van der Waals surface area (Å²) in [5.74, 6) is 0.612. The van der Waals surface area contributed by atoms with E-state index >= 15 is 0 Å². The van der Waals surface area contributed by atoms with Crippen LogP contribution in [0.25, 0.3) is 0 Å². The molecular weight excluding hydrogens is 250 g/mol. The minimum absolute atomic E-state index is 0.0471. The van der Waals surface area contributed by atoms with Gasteiger partial charge in [0.2, 0.25) is 5.91 Å². The van der Waals surface area contributed by atoms with Gasteiger partial charge in [0.1, 0.15) is 0 Å². The van der Waals surface area contributed by atoms with Crippen LogP contribution >= 0.6 is 0 Å². The molecule has 1 aliphatic carbocycles. The Hall–Kier alpha value is -0.610. The third-order valence-corrected chi connectivity index (χ3v) is 4.80. The van der Waals surface area contributed by atoms with E-state index in [1.807, 2.05) is 0 Å². The van der Waals surface area contributed by atoms with Gasteiger partial charge >= 0.3 is 0 Å². The SMILES string of the molecule is CC(C)C(C(=O)NC1CCC(N)CC1)N1CCCCC1. The molecule has 3 N–H and O–H groups in total. The largest absolute Gasteiger partial charge is 0.352 e. The molecule has 20 heavy (non-hydrogen) atoms. The molecule has 0 radical (unpaired) electrons. The highest BCUT2D eigenvalue weighted by molar-refractivity contribution is 5.82. The lowest BCUT2D eigenvalue weighted by atomic mass is 9.91. The Morgan fingerprint density at radius 3 is 2.25 bits per heavy atom. The summed E-state index contributed by atoms with van der Waals surface area (Å²) in [5, 5.41) is 3.28. The molecular formula is C16H31N3O. The topological polar surface area (TPSA) is 58.4 Å². The molecule has 0 aromatic rings. The second-order valence-electron chi connectivity index (χ2n) is 6.91. The zero-order chi connectivity index (χ0) is 14.5. The molecule has 0 bridgehead atoms. The summed E-state index contributed by atoms with van der Waals surface area (Å²) >= 11 is 0. The minimum atomic E-state index is 0.0471. The van der Waals surface area contributed by atoms with E-state index in [0.29, 0.717) is 18.0 Å². The van der Waals surface area contributed by atoms with Gasteiger partial charge in [0.25, 0.3) is 0 Å². The van der Waals surface area contributed by atoms with Crippen LogP contribution in [0.5, 0.6) is 0 Å². The van der Waals surface area contributed by atoms with Crippen LogP contribution in [0.1, 0.15) is 58.8 Å². The monoisotopic (exact) mass is 281 g/mol. The quantitative estimate of drug-likeness (QED) is 0.827. The van der Waals surface area contributed by atoms with Crippen LogP contribution in [0.3, 0.4) is 0 Å². The van der Waals surface area contributed by atoms with Gasteiger partial charge in [-0.15, -0.1) is 0 Å². The number of rotatable bonds is 4. The summed E-state index contributed by atoms with van der Waals surface area (Å²) in [6.07, 6.45) is 7.93. The molecule has 0 spiro atoms. The zero-order valence-corrected chi connectivity index (χ0v) is 13.1. The predicted molar refractivity (Wildman–Crippen MR) is 82.4 cm³/mol. The van der Waals surface area contributed by atoms with Gasteiger partial charge in [-0.3, -0.25) is 9.69 Å². The van der Waals surface area contributed by atoms with Crippen molar-refractivity contribution in [3.05, 3.63) is 0 Å². The number of nitrogens with zero attached hydrogens (tertiary/aromatic N) is 1. The lowest BCUT2D eigenvalue weighted by Crippen LogP contribution is -2.54. The van der Waals surface area contributed by atoms with Gasteiger partial charge in [0.15, 0.2) is 0 Å². The fraction of sp³-hybridized carbons (Fsp3) is 0.938. The summed E-state index contributed by atoms with van der Waals surface area (Å²) in [5.41, 5.74) is 5.93. The van der Waals surface area contributed by atoms with Crippen molar-refractivity contribution in [2.75, 3.05) is 13.1 Å². The molecule has 1 aliphatic heterocycles. The molecule has 0 aromatic carbocycles. The molecule has 1 atom stereocenters. The Morgan fingerprint density at radius 2 is 1.70 bits per heavy atom. The number of hydrogen-bond acceptors (Lipinski definition) is 3. The van der Waals surface area contributed by atoms with Gasteiger partial charge in [-0.2, -0.15) is 0 Å². The van der Waals surface area contributed by atoms with Crippen molar-refractivity contribution in [1.82, 2.24) is 10.2 Å². The summed E-state index contributed by atoms with van der Waals surface area (Å²) in [6, 6.07) is 0.727. The van der Waals surface area contributed by atoms with Crippen molar-refractivity contribution in [1.29, 1.82) is 0 Å². The number of amides is 1. The van der Waals surface area contributed by atoms with Crippen LogP contribution in [0, 0.1) is 5.92 Å². The van der Waals surface area contributed by atoms with Gasteiger partial charge in [-0.1, -0.05) is 20.3 Å². The van der Waals surface area contributed by atoms with Crippen LogP contribution in [0.15, 0.2) is 0 Å². The van der Waals surface area contributed by atoms with Crippen LogP contribution in [-0.2, 0) is 4.79 Å². The molecule has 1 amide bonds. The zero-order valence-electron chi connectivity index (χ0n) is 13.1. The fourth-order valence-corrected chi connectivity index (χ4v) is 3.64. The third kappa shape index (κ3) is 4.19. The van der Waals surface area contributed by atoms with Crippen molar-refractivity contribution in [2.24, 2.45) is 11.7 Å². The average Bonchev–Trinajstić information content (AvgIpc) is 2.42. The number of nitrogens with one attached hydrogen (secondary N) is 1. The molecule has 2 rings (SSSR count). The summed E-state index contributed by atoms with van der Waals surface area (Å²) in [4.78, 5) is 15.0. The molecule has 0 aromatic heterocycles. The molecule has 4 heteroatoms. The first-order valence-electron chi connectivity index (χ1n) is 8.38. The van der Waals surface area contributed by atoms with Crippen LogP contribution in [0.4, 0.5) is 0 Å². The Labute approximate surface area is 123 Å². The number of carbonyl (C=O) groups excluding carboxylic acids is 1. The highest BCUT2D eigenvalue weighted by Gasteiger charge is 2.31. The Bertz CT molecular complexity index is 305. The number of piperidine rings is 1. The highest BCUT2D eigenvalue weighted by atomic mass is 16.2. The summed E-state index contributed by atoms with van der Waals surface area (Å²) in [6.45, 7) is 6.48. The van der Waals surface area contributed by atoms with Gasteiger partial charge in [0.05, 0.1) is 6.04 Å². The van der Waals surface area contributed by atoms with E-state index in [1.165, 1.54) is 19.3 Å². The van der Waals surface area contributed by atoms with E-state index in [4.69, 9.17) is 5.73 Å². The maximum atomic E-state index is 12.6. The summed E-state index contributed by atoms with van der Waals surface area (Å²) in [7, 11) is 0. The van der Waals surface area contributed by atoms with E-state index in [9.17, 15) is 4.79 Å². The summed E-state index contributed by atoms with van der Waals surface area (Å²) < 4.78 is 0. The lowest BCUT2D eigenvalue weighted by Gasteiger charge is -2.37. The molecule has 1 heterocycles. The molecule has 2 aliphatic rings. The average molecular weight is 281 g/mol. The maximum absolute atomic E-state index is 12.6. The van der Waals surface area contributed by atoms with E-state index in [0.717, 1.165) is 38.8 Å². The van der Waals surface area contributed by atoms with E-state index in [2.05, 4.69) is 24.1 Å². The van der Waals surface area contributed by atoms with E-state index in [1.54, 1.807) is 0 Å². The Morgan fingerprint density at radius 1 is 1.10 bits per heavy atom. The molecule has 1 saturated heterocycles. The van der Waals surface area contributed by atoms with Crippen molar-refractivity contribution < 1.29 is 4.79 Å². The Balaban J connectivity index is 1.89. The molecule has 1 saturated carbocycles. The van der Waals surface area contributed by atoms with Crippen LogP contribution in [0.2, 0.25) is 0 Å². The van der Waals surface area contributed by atoms with E-state index < -0.39 is 0 Å².